The maximum atomic E-state index is 11.8. The summed E-state index contributed by atoms with van der Waals surface area (Å²) in [6.07, 6.45) is 0. The Balaban J connectivity index is 1.85. The minimum Gasteiger partial charge on any atom is -0.322 e. The van der Waals surface area contributed by atoms with Gasteiger partial charge in [0.25, 0.3) is 0 Å². The third kappa shape index (κ3) is 4.08. The molecule has 0 spiro atoms. The van der Waals surface area contributed by atoms with Crippen LogP contribution in [0.3, 0.4) is 0 Å². The van der Waals surface area contributed by atoms with E-state index in [9.17, 15) is 9.59 Å². The van der Waals surface area contributed by atoms with Gasteiger partial charge in [0.15, 0.2) is 0 Å². The van der Waals surface area contributed by atoms with E-state index < -0.39 is 0 Å². The highest BCUT2D eigenvalue weighted by atomic mass is 35.5. The minimum atomic E-state index is -0.266. The van der Waals surface area contributed by atoms with Crippen molar-refractivity contribution in [2.45, 2.75) is 6.54 Å². The van der Waals surface area contributed by atoms with Gasteiger partial charge in [-0.1, -0.05) is 40.6 Å². The molecule has 0 saturated heterocycles. The van der Waals surface area contributed by atoms with E-state index in [1.165, 1.54) is 0 Å². The van der Waals surface area contributed by atoms with E-state index in [1.54, 1.807) is 23.6 Å². The molecule has 0 unspecified atom stereocenters. The quantitative estimate of drug-likeness (QED) is 0.787. The van der Waals surface area contributed by atoms with E-state index in [2.05, 4.69) is 15.6 Å². The van der Waals surface area contributed by atoms with Gasteiger partial charge >= 0.3 is 4.87 Å². The normalized spacial score (nSPS) is 10.5. The zero-order valence-corrected chi connectivity index (χ0v) is 12.5. The smallest absolute Gasteiger partial charge is 0.304 e. The number of carbonyl (C=O) groups excluding carboxylic acids is 1. The predicted molar refractivity (Wildman–Crippen MR) is 81.7 cm³/mol. The average molecular weight is 332 g/mol. The molecular formula is C12H11Cl2N3O2S. The Morgan fingerprint density at radius 3 is 2.60 bits per heavy atom. The first-order valence-electron chi connectivity index (χ1n) is 5.67. The summed E-state index contributed by atoms with van der Waals surface area (Å²) in [4.78, 5) is 25.2. The highest BCUT2D eigenvalue weighted by Gasteiger charge is 2.09. The summed E-state index contributed by atoms with van der Waals surface area (Å²) in [5.41, 5.74) is 1.13. The summed E-state index contributed by atoms with van der Waals surface area (Å²) in [6, 6.07) is 4.99. The Morgan fingerprint density at radius 1 is 1.30 bits per heavy atom. The summed E-state index contributed by atoms with van der Waals surface area (Å²) in [5.74, 6) is -0.266. The molecule has 1 heterocycles. The molecule has 0 radical (unpaired) electrons. The van der Waals surface area contributed by atoms with Crippen molar-refractivity contribution in [3.8, 4) is 0 Å². The summed E-state index contributed by atoms with van der Waals surface area (Å²) in [5, 5.41) is 8.02. The molecule has 8 heteroatoms. The number of rotatable bonds is 5. The summed E-state index contributed by atoms with van der Waals surface area (Å²) >= 11 is 13.0. The van der Waals surface area contributed by atoms with Gasteiger partial charge in [-0.3, -0.25) is 9.59 Å². The lowest BCUT2D eigenvalue weighted by Gasteiger charge is -2.09. The molecule has 20 heavy (non-hydrogen) atoms. The van der Waals surface area contributed by atoms with Gasteiger partial charge < -0.3 is 15.6 Å². The van der Waals surface area contributed by atoms with Crippen molar-refractivity contribution in [1.29, 1.82) is 0 Å². The van der Waals surface area contributed by atoms with Crippen molar-refractivity contribution in [3.05, 3.63) is 49.0 Å². The van der Waals surface area contributed by atoms with Crippen molar-refractivity contribution < 1.29 is 4.79 Å². The molecular weight excluding hydrogens is 321 g/mol. The van der Waals surface area contributed by atoms with E-state index >= 15 is 0 Å². The van der Waals surface area contributed by atoms with Crippen LogP contribution in [0.2, 0.25) is 10.0 Å². The molecule has 0 aliphatic rings. The number of halogens is 2. The van der Waals surface area contributed by atoms with Gasteiger partial charge in [-0.05, 0) is 12.1 Å². The van der Waals surface area contributed by atoms with E-state index in [0.717, 1.165) is 17.0 Å². The van der Waals surface area contributed by atoms with Crippen molar-refractivity contribution in [2.24, 2.45) is 0 Å². The zero-order valence-electron chi connectivity index (χ0n) is 10.2. The van der Waals surface area contributed by atoms with Gasteiger partial charge in [0.2, 0.25) is 5.91 Å². The highest BCUT2D eigenvalue weighted by Crippen LogP contribution is 2.29. The molecule has 2 aromatic rings. The number of nitrogens with one attached hydrogen (secondary N) is 3. The number of hydrogen-bond donors (Lipinski definition) is 3. The second-order valence-corrected chi connectivity index (χ2v) is 5.58. The standard InChI is InChI=1S/C12H11Cl2N3O2S/c13-8-2-1-3-9(14)11(8)17-10(18)5-15-4-7-6-20-12(19)16-7/h1-3,6,15H,4-5H2,(H,16,19)(H,17,18). The number of anilines is 1. The van der Waals surface area contributed by atoms with Gasteiger partial charge in [0.1, 0.15) is 0 Å². The van der Waals surface area contributed by atoms with Crippen LogP contribution in [-0.4, -0.2) is 17.4 Å². The molecule has 3 N–H and O–H groups in total. The lowest BCUT2D eigenvalue weighted by molar-refractivity contribution is -0.115. The average Bonchev–Trinajstić information content (AvgIpc) is 2.80. The fourth-order valence-electron chi connectivity index (χ4n) is 1.51. The first kappa shape index (κ1) is 15.1. The first-order chi connectivity index (χ1) is 9.56. The van der Waals surface area contributed by atoms with Crippen LogP contribution in [0.5, 0.6) is 0 Å². The molecule has 2 rings (SSSR count). The molecule has 0 atom stereocenters. The van der Waals surface area contributed by atoms with E-state index in [4.69, 9.17) is 23.2 Å². The molecule has 5 nitrogen and oxygen atoms in total. The van der Waals surface area contributed by atoms with Crippen LogP contribution >= 0.6 is 34.5 Å². The Bertz CT molecular complexity index is 648. The van der Waals surface area contributed by atoms with Crippen molar-refractivity contribution in [3.63, 3.8) is 0 Å². The number of hydrogen-bond acceptors (Lipinski definition) is 4. The van der Waals surface area contributed by atoms with Crippen LogP contribution in [0.1, 0.15) is 5.69 Å². The number of aromatic nitrogens is 1. The largest absolute Gasteiger partial charge is 0.322 e. The summed E-state index contributed by atoms with van der Waals surface area (Å²) in [6.45, 7) is 0.488. The van der Waals surface area contributed by atoms with Gasteiger partial charge in [-0.15, -0.1) is 0 Å². The topological polar surface area (TPSA) is 74.0 Å². The molecule has 1 aromatic heterocycles. The fourth-order valence-corrected chi connectivity index (χ4v) is 2.59. The van der Waals surface area contributed by atoms with Crippen LogP contribution < -0.4 is 15.5 Å². The molecule has 0 bridgehead atoms. The monoisotopic (exact) mass is 331 g/mol. The van der Waals surface area contributed by atoms with Gasteiger partial charge in [-0.2, -0.15) is 0 Å². The van der Waals surface area contributed by atoms with E-state index in [1.807, 2.05) is 0 Å². The van der Waals surface area contributed by atoms with Crippen molar-refractivity contribution >= 4 is 46.1 Å². The predicted octanol–water partition coefficient (Wildman–Crippen LogP) is 2.47. The Hall–Kier alpha value is -1.34. The van der Waals surface area contributed by atoms with Crippen LogP contribution in [0, 0.1) is 0 Å². The number of amides is 1. The van der Waals surface area contributed by atoms with Crippen LogP contribution in [0.4, 0.5) is 5.69 Å². The Labute approximate surface area is 128 Å². The van der Waals surface area contributed by atoms with Crippen LogP contribution in [0.15, 0.2) is 28.4 Å². The van der Waals surface area contributed by atoms with E-state index in [-0.39, 0.29) is 17.3 Å². The maximum absolute atomic E-state index is 11.8. The number of thiazole rings is 1. The van der Waals surface area contributed by atoms with E-state index in [0.29, 0.717) is 22.3 Å². The van der Waals surface area contributed by atoms with Crippen molar-refractivity contribution in [1.82, 2.24) is 10.3 Å². The second kappa shape index (κ2) is 6.90. The van der Waals surface area contributed by atoms with Gasteiger partial charge in [-0.25, -0.2) is 0 Å². The molecule has 0 aliphatic heterocycles. The molecule has 1 amide bonds. The lowest BCUT2D eigenvalue weighted by atomic mass is 10.3. The third-order valence-corrected chi connectivity index (χ3v) is 3.75. The number of para-hydroxylation sites is 1. The van der Waals surface area contributed by atoms with Gasteiger partial charge in [0.05, 0.1) is 22.3 Å². The second-order valence-electron chi connectivity index (χ2n) is 3.92. The Morgan fingerprint density at radius 2 is 2.00 bits per heavy atom. The molecule has 0 fully saturated rings. The van der Waals surface area contributed by atoms with Crippen LogP contribution in [0.25, 0.3) is 0 Å². The first-order valence-corrected chi connectivity index (χ1v) is 7.31. The Kier molecular flexibility index (Phi) is 5.19. The molecule has 1 aromatic carbocycles. The minimum absolute atomic E-state index is 0.0828. The lowest BCUT2D eigenvalue weighted by Crippen LogP contribution is -2.28. The third-order valence-electron chi connectivity index (χ3n) is 2.40. The molecule has 106 valence electrons. The molecule has 0 saturated carbocycles. The summed E-state index contributed by atoms with van der Waals surface area (Å²) in [7, 11) is 0. The number of benzene rings is 1. The SMILES string of the molecule is O=C(CNCc1csc(=O)[nH]1)Nc1c(Cl)cccc1Cl. The van der Waals surface area contributed by atoms with Crippen LogP contribution in [-0.2, 0) is 11.3 Å². The van der Waals surface area contributed by atoms with Crippen molar-refractivity contribution in [2.75, 3.05) is 11.9 Å². The fraction of sp³-hybridized carbons (Fsp3) is 0.167. The zero-order chi connectivity index (χ0) is 14.5. The maximum Gasteiger partial charge on any atom is 0.304 e. The highest BCUT2D eigenvalue weighted by molar-refractivity contribution is 7.07. The number of aromatic amines is 1. The van der Waals surface area contributed by atoms with Gasteiger partial charge in [0, 0.05) is 17.6 Å². The summed E-state index contributed by atoms with van der Waals surface area (Å²) < 4.78 is 0. The molecule has 0 aliphatic carbocycles. The number of carbonyl (C=O) groups is 1. The number of H-pyrrole nitrogens is 1.